The number of likely N-dealkylation sites (tertiary alicyclic amines) is 2. The van der Waals surface area contributed by atoms with E-state index in [2.05, 4.69) is 0 Å². The summed E-state index contributed by atoms with van der Waals surface area (Å²) in [5.41, 5.74) is -0.0617. The number of aliphatic carboxylic acids is 1. The van der Waals surface area contributed by atoms with E-state index in [0.717, 1.165) is 18.4 Å². The summed E-state index contributed by atoms with van der Waals surface area (Å²) in [6, 6.07) is 9.59. The zero-order chi connectivity index (χ0) is 20.1. The van der Waals surface area contributed by atoms with E-state index in [-0.39, 0.29) is 30.9 Å². The summed E-state index contributed by atoms with van der Waals surface area (Å²) in [4.78, 5) is 40.8. The molecule has 7 heteroatoms. The Morgan fingerprint density at radius 1 is 1.18 bits per heavy atom. The van der Waals surface area contributed by atoms with Crippen LogP contribution in [0.1, 0.15) is 24.8 Å². The van der Waals surface area contributed by atoms with Gasteiger partial charge < -0.3 is 19.6 Å². The summed E-state index contributed by atoms with van der Waals surface area (Å²) >= 11 is 0. The Morgan fingerprint density at radius 2 is 1.93 bits per heavy atom. The average Bonchev–Trinajstić information content (AvgIpc) is 3.14. The Hall–Kier alpha value is -2.41. The molecule has 2 heterocycles. The first kappa shape index (κ1) is 20.3. The summed E-state index contributed by atoms with van der Waals surface area (Å²) in [5, 5.41) is 9.59. The highest BCUT2D eigenvalue weighted by Gasteiger charge is 2.47. The SMILES string of the molecule is COCC1(C(=O)O)CCN(C(=O)C2CCCN(C(=O)Cc3ccccc3)C2)C1. The van der Waals surface area contributed by atoms with E-state index in [1.807, 2.05) is 30.3 Å². The van der Waals surface area contributed by atoms with Crippen LogP contribution in [0.3, 0.4) is 0 Å². The lowest BCUT2D eigenvalue weighted by Crippen LogP contribution is -2.47. The van der Waals surface area contributed by atoms with Crippen molar-refractivity contribution in [3.63, 3.8) is 0 Å². The molecule has 2 fully saturated rings. The van der Waals surface area contributed by atoms with Gasteiger partial charge in [0, 0.05) is 33.3 Å². The van der Waals surface area contributed by atoms with E-state index >= 15 is 0 Å². The maximum Gasteiger partial charge on any atom is 0.313 e. The van der Waals surface area contributed by atoms with E-state index in [0.29, 0.717) is 32.5 Å². The molecule has 2 aliphatic rings. The second-order valence-electron chi connectivity index (χ2n) is 7.87. The lowest BCUT2D eigenvalue weighted by atomic mass is 9.88. The van der Waals surface area contributed by atoms with E-state index in [1.165, 1.54) is 7.11 Å². The normalized spacial score (nSPS) is 25.0. The molecule has 3 rings (SSSR count). The largest absolute Gasteiger partial charge is 0.481 e. The highest BCUT2D eigenvalue weighted by molar-refractivity contribution is 5.84. The van der Waals surface area contributed by atoms with Gasteiger partial charge in [-0.05, 0) is 24.8 Å². The Bertz CT molecular complexity index is 723. The van der Waals surface area contributed by atoms with Crippen molar-refractivity contribution in [2.24, 2.45) is 11.3 Å². The number of carboxylic acid groups (broad SMARTS) is 1. The first-order valence-corrected chi connectivity index (χ1v) is 9.78. The second kappa shape index (κ2) is 8.73. The van der Waals surface area contributed by atoms with Crippen molar-refractivity contribution in [2.75, 3.05) is 39.9 Å². The number of amides is 2. The zero-order valence-electron chi connectivity index (χ0n) is 16.3. The molecule has 7 nitrogen and oxygen atoms in total. The lowest BCUT2D eigenvalue weighted by Gasteiger charge is -2.34. The molecule has 2 amide bonds. The number of carbonyl (C=O) groups excluding carboxylic acids is 2. The van der Waals surface area contributed by atoms with Crippen LogP contribution in [0.25, 0.3) is 0 Å². The van der Waals surface area contributed by atoms with Crippen LogP contribution in [0, 0.1) is 11.3 Å². The molecule has 1 N–H and O–H groups in total. The Kier molecular flexibility index (Phi) is 6.34. The van der Waals surface area contributed by atoms with E-state index < -0.39 is 11.4 Å². The number of nitrogens with zero attached hydrogens (tertiary/aromatic N) is 2. The second-order valence-corrected chi connectivity index (χ2v) is 7.87. The molecule has 0 aliphatic carbocycles. The van der Waals surface area contributed by atoms with Crippen LogP contribution in [0.2, 0.25) is 0 Å². The van der Waals surface area contributed by atoms with Crippen LogP contribution in [0.5, 0.6) is 0 Å². The van der Waals surface area contributed by atoms with Gasteiger partial charge in [0.2, 0.25) is 11.8 Å². The topological polar surface area (TPSA) is 87.2 Å². The van der Waals surface area contributed by atoms with Gasteiger partial charge in [0.25, 0.3) is 0 Å². The van der Waals surface area contributed by atoms with Crippen molar-refractivity contribution in [1.29, 1.82) is 0 Å². The van der Waals surface area contributed by atoms with Gasteiger partial charge in [0.05, 0.1) is 18.9 Å². The van der Waals surface area contributed by atoms with Gasteiger partial charge in [-0.3, -0.25) is 14.4 Å². The first-order valence-electron chi connectivity index (χ1n) is 9.78. The summed E-state index contributed by atoms with van der Waals surface area (Å²) in [6.07, 6.45) is 2.24. The number of carboxylic acids is 1. The third kappa shape index (κ3) is 4.35. The summed E-state index contributed by atoms with van der Waals surface area (Å²) in [6.45, 7) is 1.76. The molecular weight excluding hydrogens is 360 g/mol. The van der Waals surface area contributed by atoms with Gasteiger partial charge in [0.15, 0.2) is 0 Å². The van der Waals surface area contributed by atoms with Crippen LogP contribution < -0.4 is 0 Å². The zero-order valence-corrected chi connectivity index (χ0v) is 16.3. The number of rotatable bonds is 6. The van der Waals surface area contributed by atoms with Crippen molar-refractivity contribution in [3.05, 3.63) is 35.9 Å². The van der Waals surface area contributed by atoms with Crippen LogP contribution >= 0.6 is 0 Å². The van der Waals surface area contributed by atoms with Gasteiger partial charge in [-0.2, -0.15) is 0 Å². The van der Waals surface area contributed by atoms with Crippen LogP contribution in [-0.4, -0.2) is 72.6 Å². The first-order chi connectivity index (χ1) is 13.4. The van der Waals surface area contributed by atoms with Gasteiger partial charge >= 0.3 is 5.97 Å². The predicted molar refractivity (Wildman–Crippen MR) is 103 cm³/mol. The summed E-state index contributed by atoms with van der Waals surface area (Å²) < 4.78 is 5.10. The van der Waals surface area contributed by atoms with Gasteiger partial charge in [-0.25, -0.2) is 0 Å². The van der Waals surface area contributed by atoms with Crippen molar-refractivity contribution in [2.45, 2.75) is 25.7 Å². The maximum absolute atomic E-state index is 13.0. The Labute approximate surface area is 165 Å². The molecule has 2 aliphatic heterocycles. The molecule has 0 saturated carbocycles. The molecule has 1 aromatic carbocycles. The Morgan fingerprint density at radius 3 is 2.61 bits per heavy atom. The number of hydrogen-bond donors (Lipinski definition) is 1. The van der Waals surface area contributed by atoms with Crippen LogP contribution in [-0.2, 0) is 25.5 Å². The molecule has 0 spiro atoms. The molecule has 2 unspecified atom stereocenters. The van der Waals surface area contributed by atoms with Crippen LogP contribution in [0.15, 0.2) is 30.3 Å². The minimum absolute atomic E-state index is 0.0318. The quantitative estimate of drug-likeness (QED) is 0.796. The fraction of sp³-hybridized carbons (Fsp3) is 0.571. The molecule has 2 atom stereocenters. The van der Waals surface area contributed by atoms with Gasteiger partial charge in [0.1, 0.15) is 5.41 Å². The number of ether oxygens (including phenoxy) is 1. The molecule has 152 valence electrons. The third-order valence-electron chi connectivity index (χ3n) is 5.86. The fourth-order valence-electron chi connectivity index (χ4n) is 4.24. The molecular formula is C21H28N2O5. The van der Waals surface area contributed by atoms with Crippen molar-refractivity contribution >= 4 is 17.8 Å². The van der Waals surface area contributed by atoms with E-state index in [9.17, 15) is 19.5 Å². The van der Waals surface area contributed by atoms with Crippen molar-refractivity contribution < 1.29 is 24.2 Å². The standard InChI is InChI=1S/C21H28N2O5/c1-28-15-21(20(26)27)9-11-23(14-21)19(25)17-8-5-10-22(13-17)18(24)12-16-6-3-2-4-7-16/h2-4,6-7,17H,5,8-15H2,1H3,(H,26,27). The smallest absolute Gasteiger partial charge is 0.313 e. The van der Waals surface area contributed by atoms with Crippen molar-refractivity contribution in [3.8, 4) is 0 Å². The number of methoxy groups -OCH3 is 1. The van der Waals surface area contributed by atoms with Crippen molar-refractivity contribution in [1.82, 2.24) is 9.80 Å². The Balaban J connectivity index is 1.60. The lowest BCUT2D eigenvalue weighted by molar-refractivity contribution is -0.152. The minimum Gasteiger partial charge on any atom is -0.481 e. The van der Waals surface area contributed by atoms with Gasteiger partial charge in [-0.15, -0.1) is 0 Å². The highest BCUT2D eigenvalue weighted by Crippen LogP contribution is 2.33. The maximum atomic E-state index is 13.0. The molecule has 0 aromatic heterocycles. The van der Waals surface area contributed by atoms with Gasteiger partial charge in [-0.1, -0.05) is 30.3 Å². The molecule has 1 aromatic rings. The highest BCUT2D eigenvalue weighted by atomic mass is 16.5. The average molecular weight is 388 g/mol. The predicted octanol–water partition coefficient (Wildman–Crippen LogP) is 1.42. The summed E-state index contributed by atoms with van der Waals surface area (Å²) in [7, 11) is 1.48. The van der Waals surface area contributed by atoms with E-state index in [4.69, 9.17) is 4.74 Å². The number of benzene rings is 1. The minimum atomic E-state index is -1.03. The molecule has 0 radical (unpaired) electrons. The third-order valence-corrected chi connectivity index (χ3v) is 5.86. The van der Waals surface area contributed by atoms with Crippen LogP contribution in [0.4, 0.5) is 0 Å². The number of carbonyl (C=O) groups is 3. The fourth-order valence-corrected chi connectivity index (χ4v) is 4.24. The molecule has 28 heavy (non-hydrogen) atoms. The van der Waals surface area contributed by atoms with E-state index in [1.54, 1.807) is 9.80 Å². The monoisotopic (exact) mass is 388 g/mol. The molecule has 0 bridgehead atoms. The summed E-state index contributed by atoms with van der Waals surface area (Å²) in [5.74, 6) is -1.20. The molecule has 2 saturated heterocycles. The number of piperidine rings is 1. The number of hydrogen-bond acceptors (Lipinski definition) is 4.